The molecule has 13 heavy (non-hydrogen) atoms. The van der Waals surface area contributed by atoms with Crippen molar-refractivity contribution in [2.45, 2.75) is 38.6 Å². The lowest BCUT2D eigenvalue weighted by Gasteiger charge is -2.14. The van der Waals surface area contributed by atoms with Gasteiger partial charge >= 0.3 is 0 Å². The van der Waals surface area contributed by atoms with Crippen LogP contribution in [0.5, 0.6) is 0 Å². The van der Waals surface area contributed by atoms with Crippen molar-refractivity contribution in [3.63, 3.8) is 0 Å². The highest BCUT2D eigenvalue weighted by Gasteiger charge is 2.21. The van der Waals surface area contributed by atoms with Crippen LogP contribution in [0.3, 0.4) is 0 Å². The summed E-state index contributed by atoms with van der Waals surface area (Å²) in [6, 6.07) is -0.310. The van der Waals surface area contributed by atoms with E-state index in [4.69, 9.17) is 0 Å². The van der Waals surface area contributed by atoms with Gasteiger partial charge in [-0.25, -0.2) is 0 Å². The van der Waals surface area contributed by atoms with Crippen LogP contribution in [0.2, 0.25) is 0 Å². The van der Waals surface area contributed by atoms with E-state index in [-0.39, 0.29) is 17.9 Å². The van der Waals surface area contributed by atoms with Gasteiger partial charge in [-0.3, -0.25) is 9.59 Å². The molecule has 1 aliphatic rings. The molecule has 4 heteroatoms. The third-order valence-electron chi connectivity index (χ3n) is 2.19. The van der Waals surface area contributed by atoms with E-state index < -0.39 is 0 Å². The molecule has 1 heterocycles. The van der Waals surface area contributed by atoms with Crippen molar-refractivity contribution in [1.29, 1.82) is 0 Å². The van der Waals surface area contributed by atoms with Crippen molar-refractivity contribution in [2.24, 2.45) is 0 Å². The molecule has 1 saturated heterocycles. The first kappa shape index (κ1) is 10.0. The highest BCUT2D eigenvalue weighted by atomic mass is 16.2. The minimum atomic E-state index is -0.310. The molecule has 0 radical (unpaired) electrons. The SMILES string of the molecule is CCC(=O)NC1CCCCNC1=O. The second kappa shape index (κ2) is 4.84. The van der Waals surface area contributed by atoms with Crippen LogP contribution in [-0.2, 0) is 9.59 Å². The topological polar surface area (TPSA) is 58.2 Å². The fourth-order valence-electron chi connectivity index (χ4n) is 1.37. The third-order valence-corrected chi connectivity index (χ3v) is 2.19. The second-order valence-corrected chi connectivity index (χ2v) is 3.26. The van der Waals surface area contributed by atoms with Crippen molar-refractivity contribution < 1.29 is 9.59 Å². The Kier molecular flexibility index (Phi) is 3.73. The van der Waals surface area contributed by atoms with Gasteiger partial charge in [0.05, 0.1) is 0 Å². The molecule has 1 rings (SSSR count). The van der Waals surface area contributed by atoms with E-state index in [1.54, 1.807) is 6.92 Å². The fourth-order valence-corrected chi connectivity index (χ4v) is 1.37. The van der Waals surface area contributed by atoms with Crippen LogP contribution in [0.25, 0.3) is 0 Å². The molecule has 0 bridgehead atoms. The molecule has 1 aliphatic heterocycles. The monoisotopic (exact) mass is 184 g/mol. The molecule has 0 saturated carbocycles. The number of hydrogen-bond donors (Lipinski definition) is 2. The summed E-state index contributed by atoms with van der Waals surface area (Å²) < 4.78 is 0. The predicted octanol–water partition coefficient (Wildman–Crippen LogP) is 0.181. The van der Waals surface area contributed by atoms with Gasteiger partial charge in [0, 0.05) is 13.0 Å². The van der Waals surface area contributed by atoms with E-state index in [0.29, 0.717) is 6.42 Å². The highest BCUT2D eigenvalue weighted by molar-refractivity contribution is 5.87. The molecular formula is C9H16N2O2. The quantitative estimate of drug-likeness (QED) is 0.643. The molecule has 0 aromatic carbocycles. The van der Waals surface area contributed by atoms with Crippen molar-refractivity contribution in [1.82, 2.24) is 10.6 Å². The largest absolute Gasteiger partial charge is 0.354 e. The first-order valence-electron chi connectivity index (χ1n) is 4.81. The standard InChI is InChI=1S/C9H16N2O2/c1-2-8(12)11-7-5-3-4-6-10-9(7)13/h7H,2-6H2,1H3,(H,10,13)(H,11,12). The Bertz CT molecular complexity index is 204. The van der Waals surface area contributed by atoms with Gasteiger partial charge in [-0.2, -0.15) is 0 Å². The number of amides is 2. The van der Waals surface area contributed by atoms with E-state index in [1.807, 2.05) is 0 Å². The Labute approximate surface area is 78.1 Å². The molecule has 74 valence electrons. The number of nitrogens with one attached hydrogen (secondary N) is 2. The number of carbonyl (C=O) groups is 2. The van der Waals surface area contributed by atoms with Gasteiger partial charge in [0.25, 0.3) is 0 Å². The summed E-state index contributed by atoms with van der Waals surface area (Å²) >= 11 is 0. The van der Waals surface area contributed by atoms with Gasteiger partial charge in [0.1, 0.15) is 6.04 Å². The lowest BCUT2D eigenvalue weighted by atomic mass is 10.1. The maximum Gasteiger partial charge on any atom is 0.242 e. The molecule has 0 aliphatic carbocycles. The molecule has 0 spiro atoms. The van der Waals surface area contributed by atoms with E-state index >= 15 is 0 Å². The average molecular weight is 184 g/mol. The zero-order chi connectivity index (χ0) is 9.68. The third kappa shape index (κ3) is 3.05. The van der Waals surface area contributed by atoms with Gasteiger partial charge in [0.2, 0.25) is 11.8 Å². The molecule has 1 fully saturated rings. The first-order chi connectivity index (χ1) is 6.24. The van der Waals surface area contributed by atoms with Crippen LogP contribution in [0.4, 0.5) is 0 Å². The van der Waals surface area contributed by atoms with Crippen LogP contribution in [0.15, 0.2) is 0 Å². The van der Waals surface area contributed by atoms with Crippen LogP contribution < -0.4 is 10.6 Å². The minimum Gasteiger partial charge on any atom is -0.354 e. The number of hydrogen-bond acceptors (Lipinski definition) is 2. The minimum absolute atomic E-state index is 0.0423. The van der Waals surface area contributed by atoms with E-state index in [9.17, 15) is 9.59 Å². The lowest BCUT2D eigenvalue weighted by molar-refractivity contribution is -0.128. The zero-order valence-electron chi connectivity index (χ0n) is 7.93. The second-order valence-electron chi connectivity index (χ2n) is 3.26. The Balaban J connectivity index is 2.45. The Hall–Kier alpha value is -1.06. The van der Waals surface area contributed by atoms with Gasteiger partial charge in [-0.05, 0) is 19.3 Å². The van der Waals surface area contributed by atoms with Crippen LogP contribution in [-0.4, -0.2) is 24.4 Å². The van der Waals surface area contributed by atoms with Crippen LogP contribution >= 0.6 is 0 Å². The Morgan fingerprint density at radius 3 is 3.08 bits per heavy atom. The summed E-state index contributed by atoms with van der Waals surface area (Å²) in [5.74, 6) is -0.0960. The lowest BCUT2D eigenvalue weighted by Crippen LogP contribution is -2.45. The summed E-state index contributed by atoms with van der Waals surface area (Å²) in [4.78, 5) is 22.4. The van der Waals surface area contributed by atoms with Crippen molar-refractivity contribution in [2.75, 3.05) is 6.54 Å². The number of carbonyl (C=O) groups excluding carboxylic acids is 2. The molecule has 2 amide bonds. The van der Waals surface area contributed by atoms with Gasteiger partial charge in [-0.1, -0.05) is 6.92 Å². The normalized spacial score (nSPS) is 23.2. The average Bonchev–Trinajstić information content (AvgIpc) is 2.32. The Morgan fingerprint density at radius 2 is 2.38 bits per heavy atom. The van der Waals surface area contributed by atoms with Crippen molar-refractivity contribution in [3.8, 4) is 0 Å². The summed E-state index contributed by atoms with van der Waals surface area (Å²) in [6.45, 7) is 2.52. The fraction of sp³-hybridized carbons (Fsp3) is 0.778. The van der Waals surface area contributed by atoms with Crippen LogP contribution in [0.1, 0.15) is 32.6 Å². The maximum absolute atomic E-state index is 11.3. The molecule has 0 aromatic heterocycles. The van der Waals surface area contributed by atoms with Crippen molar-refractivity contribution in [3.05, 3.63) is 0 Å². The predicted molar refractivity (Wildman–Crippen MR) is 49.1 cm³/mol. The summed E-state index contributed by atoms with van der Waals surface area (Å²) in [6.07, 6.45) is 3.19. The smallest absolute Gasteiger partial charge is 0.242 e. The highest BCUT2D eigenvalue weighted by Crippen LogP contribution is 2.05. The molecule has 1 atom stereocenters. The summed E-state index contributed by atoms with van der Waals surface area (Å²) in [7, 11) is 0. The first-order valence-corrected chi connectivity index (χ1v) is 4.81. The van der Waals surface area contributed by atoms with Gasteiger partial charge in [-0.15, -0.1) is 0 Å². The van der Waals surface area contributed by atoms with E-state index in [1.165, 1.54) is 0 Å². The van der Waals surface area contributed by atoms with Gasteiger partial charge in [0.15, 0.2) is 0 Å². The van der Waals surface area contributed by atoms with Gasteiger partial charge < -0.3 is 10.6 Å². The van der Waals surface area contributed by atoms with E-state index in [2.05, 4.69) is 10.6 Å². The van der Waals surface area contributed by atoms with Crippen molar-refractivity contribution >= 4 is 11.8 Å². The summed E-state index contributed by atoms with van der Waals surface area (Å²) in [5.41, 5.74) is 0. The molecule has 0 aromatic rings. The molecular weight excluding hydrogens is 168 g/mol. The van der Waals surface area contributed by atoms with Crippen LogP contribution in [0, 0.1) is 0 Å². The maximum atomic E-state index is 11.3. The molecule has 2 N–H and O–H groups in total. The Morgan fingerprint density at radius 1 is 1.62 bits per heavy atom. The zero-order valence-corrected chi connectivity index (χ0v) is 7.93. The molecule has 4 nitrogen and oxygen atoms in total. The summed E-state index contributed by atoms with van der Waals surface area (Å²) in [5, 5.41) is 5.48. The van der Waals surface area contributed by atoms with E-state index in [0.717, 1.165) is 25.8 Å². The molecule has 1 unspecified atom stereocenters. The number of rotatable bonds is 2.